The molecular weight excluding hydrogens is 265 g/mol. The Morgan fingerprint density at radius 1 is 1.35 bits per heavy atom. The minimum Gasteiger partial charge on any atom is -0.454 e. The van der Waals surface area contributed by atoms with Gasteiger partial charge < -0.3 is 10.2 Å². The molecule has 2 aromatic carbocycles. The highest BCUT2D eigenvalue weighted by Gasteiger charge is 2.13. The second kappa shape index (κ2) is 5.54. The van der Waals surface area contributed by atoms with Crippen molar-refractivity contribution in [3.05, 3.63) is 57.9 Å². The van der Waals surface area contributed by atoms with Crippen LogP contribution < -0.4 is 16.0 Å². The quantitative estimate of drug-likeness (QED) is 0.509. The number of nitro groups is 1. The number of anilines is 1. The number of rotatable bonds is 4. The monoisotopic (exact) mass is 277 g/mol. The van der Waals surface area contributed by atoms with Crippen molar-refractivity contribution in [1.82, 2.24) is 0 Å². The van der Waals surface area contributed by atoms with Crippen molar-refractivity contribution in [2.24, 2.45) is 5.84 Å². The molecule has 0 atom stereocenters. The zero-order valence-electron chi connectivity index (χ0n) is 10.6. The first-order valence-electron chi connectivity index (χ1n) is 5.70. The second-order valence-corrected chi connectivity index (χ2v) is 4.11. The highest BCUT2D eigenvalue weighted by atomic mass is 19.1. The van der Waals surface area contributed by atoms with Gasteiger partial charge in [-0.15, -0.1) is 0 Å². The number of nitrogen functional groups attached to an aromatic ring is 1. The molecule has 0 heterocycles. The summed E-state index contributed by atoms with van der Waals surface area (Å²) in [7, 11) is 0. The van der Waals surface area contributed by atoms with Crippen LogP contribution in [-0.4, -0.2) is 4.92 Å². The van der Waals surface area contributed by atoms with Crippen molar-refractivity contribution in [3.63, 3.8) is 0 Å². The molecule has 0 aliphatic rings. The van der Waals surface area contributed by atoms with Gasteiger partial charge in [0.2, 0.25) is 0 Å². The third-order valence-electron chi connectivity index (χ3n) is 2.65. The Morgan fingerprint density at radius 3 is 2.75 bits per heavy atom. The highest BCUT2D eigenvalue weighted by Crippen LogP contribution is 2.31. The number of hydrogen-bond donors (Lipinski definition) is 2. The van der Waals surface area contributed by atoms with E-state index in [1.54, 1.807) is 19.1 Å². The van der Waals surface area contributed by atoms with Gasteiger partial charge in [-0.1, -0.05) is 12.1 Å². The molecule has 104 valence electrons. The molecule has 7 heteroatoms. The van der Waals surface area contributed by atoms with Crippen molar-refractivity contribution in [2.75, 3.05) is 5.43 Å². The molecule has 2 aromatic rings. The molecule has 0 amide bonds. The first kappa shape index (κ1) is 13.8. The molecule has 0 aromatic heterocycles. The molecule has 0 spiro atoms. The Labute approximate surface area is 114 Å². The van der Waals surface area contributed by atoms with Gasteiger partial charge in [-0.25, -0.2) is 4.39 Å². The fourth-order valence-corrected chi connectivity index (χ4v) is 1.66. The van der Waals surface area contributed by atoms with E-state index in [1.807, 2.05) is 0 Å². The van der Waals surface area contributed by atoms with Gasteiger partial charge in [0.1, 0.15) is 5.75 Å². The van der Waals surface area contributed by atoms with Crippen molar-refractivity contribution in [3.8, 4) is 11.5 Å². The van der Waals surface area contributed by atoms with E-state index < -0.39 is 10.7 Å². The van der Waals surface area contributed by atoms with Crippen LogP contribution in [0.3, 0.4) is 0 Å². The van der Waals surface area contributed by atoms with Gasteiger partial charge in [-0.3, -0.25) is 16.0 Å². The number of nitrogens with zero attached hydrogens (tertiary/aromatic N) is 1. The number of hydrazine groups is 1. The van der Waals surface area contributed by atoms with Crippen LogP contribution in [0.25, 0.3) is 0 Å². The SMILES string of the molecule is Cc1cccc(Oc2cc(NN)cc([N+](=O)[O-])c2)c1F. The Balaban J connectivity index is 2.40. The first-order valence-corrected chi connectivity index (χ1v) is 5.70. The lowest BCUT2D eigenvalue weighted by Gasteiger charge is -2.09. The standard InChI is InChI=1S/C13H12FN3O3/c1-8-3-2-4-12(13(8)14)20-11-6-9(16-15)5-10(7-11)17(18)19/h2-7,16H,15H2,1H3. The summed E-state index contributed by atoms with van der Waals surface area (Å²) in [5, 5.41) is 10.8. The molecule has 2 rings (SSSR count). The molecule has 0 bridgehead atoms. The number of aryl methyl sites for hydroxylation is 1. The predicted molar refractivity (Wildman–Crippen MR) is 72.1 cm³/mol. The van der Waals surface area contributed by atoms with Crippen molar-refractivity contribution >= 4 is 11.4 Å². The molecule has 0 aliphatic carbocycles. The fourth-order valence-electron chi connectivity index (χ4n) is 1.66. The van der Waals surface area contributed by atoms with Crippen LogP contribution in [0.5, 0.6) is 11.5 Å². The van der Waals surface area contributed by atoms with Crippen LogP contribution in [0.15, 0.2) is 36.4 Å². The van der Waals surface area contributed by atoms with Crippen LogP contribution in [0.1, 0.15) is 5.56 Å². The highest BCUT2D eigenvalue weighted by molar-refractivity contribution is 5.56. The lowest BCUT2D eigenvalue weighted by molar-refractivity contribution is -0.384. The number of ether oxygens (including phenoxy) is 1. The minimum atomic E-state index is -0.583. The average Bonchev–Trinajstić information content (AvgIpc) is 2.43. The molecule has 0 saturated carbocycles. The Morgan fingerprint density at radius 2 is 2.10 bits per heavy atom. The third-order valence-corrected chi connectivity index (χ3v) is 2.65. The van der Waals surface area contributed by atoms with Crippen molar-refractivity contribution in [2.45, 2.75) is 6.92 Å². The zero-order valence-corrected chi connectivity index (χ0v) is 10.6. The molecule has 20 heavy (non-hydrogen) atoms. The van der Waals surface area contributed by atoms with E-state index in [4.69, 9.17) is 10.6 Å². The summed E-state index contributed by atoms with van der Waals surface area (Å²) < 4.78 is 19.2. The normalized spacial score (nSPS) is 10.2. The maximum absolute atomic E-state index is 13.8. The molecular formula is C13H12FN3O3. The maximum Gasteiger partial charge on any atom is 0.275 e. The molecule has 6 nitrogen and oxygen atoms in total. The predicted octanol–water partition coefficient (Wildman–Crippen LogP) is 3.12. The summed E-state index contributed by atoms with van der Waals surface area (Å²) in [6, 6.07) is 8.56. The number of nitro benzene ring substituents is 1. The van der Waals surface area contributed by atoms with Crippen LogP contribution in [0.2, 0.25) is 0 Å². The molecule has 0 aliphatic heterocycles. The second-order valence-electron chi connectivity index (χ2n) is 4.11. The summed E-state index contributed by atoms with van der Waals surface area (Å²) in [6.45, 7) is 1.60. The average molecular weight is 277 g/mol. The van der Waals surface area contributed by atoms with E-state index in [9.17, 15) is 14.5 Å². The fraction of sp³-hybridized carbons (Fsp3) is 0.0769. The molecule has 0 fully saturated rings. The molecule has 0 radical (unpaired) electrons. The maximum atomic E-state index is 13.8. The van der Waals surface area contributed by atoms with E-state index in [2.05, 4.69) is 5.43 Å². The number of nitrogens with two attached hydrogens (primary N) is 1. The van der Waals surface area contributed by atoms with Gasteiger partial charge in [-0.2, -0.15) is 0 Å². The number of halogens is 1. The van der Waals surface area contributed by atoms with E-state index in [0.29, 0.717) is 11.3 Å². The Bertz CT molecular complexity index is 661. The number of hydrogen-bond acceptors (Lipinski definition) is 5. The van der Waals surface area contributed by atoms with Gasteiger partial charge in [0.25, 0.3) is 5.69 Å². The van der Waals surface area contributed by atoms with Gasteiger partial charge in [-0.05, 0) is 18.6 Å². The van der Waals surface area contributed by atoms with Crippen LogP contribution in [0.4, 0.5) is 15.8 Å². The van der Waals surface area contributed by atoms with Crippen LogP contribution >= 0.6 is 0 Å². The van der Waals surface area contributed by atoms with E-state index in [-0.39, 0.29) is 17.2 Å². The largest absolute Gasteiger partial charge is 0.454 e. The minimum absolute atomic E-state index is 0.00605. The summed E-state index contributed by atoms with van der Waals surface area (Å²) in [6.07, 6.45) is 0. The van der Waals surface area contributed by atoms with E-state index in [1.165, 1.54) is 24.3 Å². The van der Waals surface area contributed by atoms with E-state index >= 15 is 0 Å². The van der Waals surface area contributed by atoms with Crippen molar-refractivity contribution in [1.29, 1.82) is 0 Å². The van der Waals surface area contributed by atoms with Gasteiger partial charge in [0, 0.05) is 12.1 Å². The number of nitrogens with one attached hydrogen (secondary N) is 1. The summed E-state index contributed by atoms with van der Waals surface area (Å²) in [5.41, 5.74) is 2.81. The van der Waals surface area contributed by atoms with Crippen LogP contribution in [-0.2, 0) is 0 Å². The summed E-state index contributed by atoms with van der Waals surface area (Å²) in [4.78, 5) is 10.2. The topological polar surface area (TPSA) is 90.4 Å². The number of benzene rings is 2. The van der Waals surface area contributed by atoms with Crippen LogP contribution in [0, 0.1) is 22.9 Å². The summed E-state index contributed by atoms with van der Waals surface area (Å²) >= 11 is 0. The number of non-ortho nitro benzene ring substituents is 1. The lowest BCUT2D eigenvalue weighted by Crippen LogP contribution is -2.07. The zero-order chi connectivity index (χ0) is 14.7. The van der Waals surface area contributed by atoms with Gasteiger partial charge in [0.15, 0.2) is 11.6 Å². The van der Waals surface area contributed by atoms with Gasteiger partial charge >= 0.3 is 0 Å². The van der Waals surface area contributed by atoms with E-state index in [0.717, 1.165) is 0 Å². The Hall–Kier alpha value is -2.67. The Kier molecular flexibility index (Phi) is 3.81. The first-order chi connectivity index (χ1) is 9.51. The molecule has 0 saturated heterocycles. The third kappa shape index (κ3) is 2.83. The molecule has 3 N–H and O–H groups in total. The molecule has 0 unspecified atom stereocenters. The smallest absolute Gasteiger partial charge is 0.275 e. The van der Waals surface area contributed by atoms with Gasteiger partial charge in [0.05, 0.1) is 16.7 Å². The lowest BCUT2D eigenvalue weighted by atomic mass is 10.2. The summed E-state index contributed by atoms with van der Waals surface area (Å²) in [5.74, 6) is 4.84. The van der Waals surface area contributed by atoms with Crippen molar-refractivity contribution < 1.29 is 14.1 Å².